The molecule has 102 valence electrons. The van der Waals surface area contributed by atoms with Gasteiger partial charge in [0.05, 0.1) is 5.52 Å². The standard InChI is InChI=1S/C13H12N4O2S/c1-17-3-2-8-6(5-17)4-7-9-10(20-12(7)14-8)11(18)16-13(19)15-9/h4H,2-3,5H2,1H3,(H2,15,16,18,19). The number of rotatable bonds is 0. The molecule has 1 aliphatic rings. The van der Waals surface area contributed by atoms with Gasteiger partial charge in [-0.1, -0.05) is 0 Å². The zero-order valence-electron chi connectivity index (χ0n) is 10.8. The third kappa shape index (κ3) is 1.63. The summed E-state index contributed by atoms with van der Waals surface area (Å²) in [7, 11) is 2.07. The van der Waals surface area contributed by atoms with Gasteiger partial charge in [-0.25, -0.2) is 9.78 Å². The summed E-state index contributed by atoms with van der Waals surface area (Å²) in [6.07, 6.45) is 0.920. The zero-order chi connectivity index (χ0) is 13.9. The lowest BCUT2D eigenvalue weighted by Gasteiger charge is -2.23. The van der Waals surface area contributed by atoms with E-state index in [1.807, 2.05) is 0 Å². The summed E-state index contributed by atoms with van der Waals surface area (Å²) in [5.41, 5.74) is 2.05. The van der Waals surface area contributed by atoms with Crippen LogP contribution in [0.15, 0.2) is 15.7 Å². The molecule has 0 atom stereocenters. The van der Waals surface area contributed by atoms with E-state index in [4.69, 9.17) is 0 Å². The minimum absolute atomic E-state index is 0.346. The van der Waals surface area contributed by atoms with Gasteiger partial charge in [0.2, 0.25) is 0 Å². The predicted octanol–water partition coefficient (Wildman–Crippen LogP) is 0.814. The number of nitrogens with zero attached hydrogens (tertiary/aromatic N) is 2. The van der Waals surface area contributed by atoms with Crippen LogP contribution in [0.25, 0.3) is 20.4 Å². The minimum atomic E-state index is -0.475. The van der Waals surface area contributed by atoms with Gasteiger partial charge in [-0.15, -0.1) is 11.3 Å². The normalized spacial score (nSPS) is 15.8. The lowest BCUT2D eigenvalue weighted by atomic mass is 10.1. The zero-order valence-corrected chi connectivity index (χ0v) is 11.6. The highest BCUT2D eigenvalue weighted by molar-refractivity contribution is 7.25. The van der Waals surface area contributed by atoms with Crippen molar-refractivity contribution in [2.45, 2.75) is 13.0 Å². The fourth-order valence-corrected chi connectivity index (χ4v) is 3.74. The third-order valence-corrected chi connectivity index (χ3v) is 4.79. The van der Waals surface area contributed by atoms with Crippen molar-refractivity contribution in [2.24, 2.45) is 0 Å². The van der Waals surface area contributed by atoms with Gasteiger partial charge in [-0.3, -0.25) is 9.78 Å². The molecule has 0 bridgehead atoms. The average Bonchev–Trinajstić information content (AvgIpc) is 2.75. The van der Waals surface area contributed by atoms with Crippen LogP contribution < -0.4 is 11.2 Å². The monoisotopic (exact) mass is 288 g/mol. The SMILES string of the molecule is CN1CCc2nc3sc4c(=O)[nH]c(=O)[nH]c4c3cc2C1. The van der Waals surface area contributed by atoms with Crippen LogP contribution in [0.5, 0.6) is 0 Å². The van der Waals surface area contributed by atoms with Crippen molar-refractivity contribution in [2.75, 3.05) is 13.6 Å². The number of thiophene rings is 1. The van der Waals surface area contributed by atoms with Gasteiger partial charge >= 0.3 is 5.69 Å². The van der Waals surface area contributed by atoms with Gasteiger partial charge < -0.3 is 9.88 Å². The van der Waals surface area contributed by atoms with E-state index in [1.165, 1.54) is 16.9 Å². The van der Waals surface area contributed by atoms with E-state index in [9.17, 15) is 9.59 Å². The number of pyridine rings is 1. The molecule has 4 rings (SSSR count). The lowest BCUT2D eigenvalue weighted by molar-refractivity contribution is 0.310. The van der Waals surface area contributed by atoms with Crippen molar-refractivity contribution in [1.82, 2.24) is 19.9 Å². The van der Waals surface area contributed by atoms with Gasteiger partial charge in [0.25, 0.3) is 5.56 Å². The van der Waals surface area contributed by atoms with Crippen LogP contribution in [-0.4, -0.2) is 33.4 Å². The first-order valence-electron chi connectivity index (χ1n) is 6.38. The van der Waals surface area contributed by atoms with Gasteiger partial charge in [-0.2, -0.15) is 0 Å². The Bertz CT molecular complexity index is 953. The fraction of sp³-hybridized carbons (Fsp3) is 0.308. The van der Waals surface area contributed by atoms with Crippen molar-refractivity contribution < 1.29 is 0 Å². The molecule has 0 fully saturated rings. The van der Waals surface area contributed by atoms with E-state index in [-0.39, 0.29) is 5.56 Å². The number of hydrogen-bond donors (Lipinski definition) is 2. The highest BCUT2D eigenvalue weighted by Gasteiger charge is 2.18. The van der Waals surface area contributed by atoms with Crippen LogP contribution in [0, 0.1) is 0 Å². The Balaban J connectivity index is 2.12. The van der Waals surface area contributed by atoms with Crippen LogP contribution in [0.4, 0.5) is 0 Å². The van der Waals surface area contributed by atoms with E-state index in [1.54, 1.807) is 0 Å². The van der Waals surface area contributed by atoms with Gasteiger partial charge in [0.15, 0.2) is 0 Å². The summed E-state index contributed by atoms with van der Waals surface area (Å²) in [6, 6.07) is 2.06. The first kappa shape index (κ1) is 11.8. The molecular weight excluding hydrogens is 276 g/mol. The Kier molecular flexibility index (Phi) is 2.36. The molecule has 0 spiro atoms. The molecule has 0 aromatic carbocycles. The number of nitrogens with one attached hydrogen (secondary N) is 2. The van der Waals surface area contributed by atoms with Crippen LogP contribution >= 0.6 is 11.3 Å². The minimum Gasteiger partial charge on any atom is -0.305 e. The molecule has 0 radical (unpaired) electrons. The molecule has 1 aliphatic heterocycles. The molecule has 0 unspecified atom stereocenters. The molecule has 2 N–H and O–H groups in total. The second-order valence-corrected chi connectivity index (χ2v) is 6.15. The van der Waals surface area contributed by atoms with Crippen molar-refractivity contribution >= 4 is 31.8 Å². The molecule has 0 amide bonds. The number of likely N-dealkylation sites (N-methyl/N-ethyl adjacent to an activating group) is 1. The first-order valence-corrected chi connectivity index (χ1v) is 7.19. The number of fused-ring (bicyclic) bond motifs is 4. The Morgan fingerprint density at radius 3 is 3.05 bits per heavy atom. The molecule has 7 heteroatoms. The molecule has 3 aromatic rings. The third-order valence-electron chi connectivity index (χ3n) is 3.69. The quantitative estimate of drug-likeness (QED) is 0.641. The maximum atomic E-state index is 11.8. The van der Waals surface area contributed by atoms with Crippen LogP contribution in [-0.2, 0) is 13.0 Å². The summed E-state index contributed by atoms with van der Waals surface area (Å²) in [6.45, 7) is 1.84. The molecule has 3 aromatic heterocycles. The molecule has 20 heavy (non-hydrogen) atoms. The van der Waals surface area contributed by atoms with E-state index >= 15 is 0 Å². The van der Waals surface area contributed by atoms with E-state index in [2.05, 4.69) is 33.0 Å². The van der Waals surface area contributed by atoms with E-state index in [0.29, 0.717) is 10.2 Å². The highest BCUT2D eigenvalue weighted by Crippen LogP contribution is 2.31. The van der Waals surface area contributed by atoms with Crippen molar-refractivity contribution in [3.05, 3.63) is 38.2 Å². The van der Waals surface area contributed by atoms with E-state index < -0.39 is 5.69 Å². The maximum absolute atomic E-state index is 11.8. The second kappa shape index (κ2) is 4.00. The molecule has 0 saturated heterocycles. The summed E-state index contributed by atoms with van der Waals surface area (Å²) < 4.78 is 0.530. The summed E-state index contributed by atoms with van der Waals surface area (Å²) in [5.74, 6) is 0. The first-order chi connectivity index (χ1) is 9.61. The van der Waals surface area contributed by atoms with Crippen molar-refractivity contribution in [3.63, 3.8) is 0 Å². The van der Waals surface area contributed by atoms with Crippen LogP contribution in [0.1, 0.15) is 11.3 Å². The maximum Gasteiger partial charge on any atom is 0.326 e. The molecular formula is C13H12N4O2S. The lowest BCUT2D eigenvalue weighted by Crippen LogP contribution is -2.27. The van der Waals surface area contributed by atoms with Gasteiger partial charge in [0, 0.05) is 30.6 Å². The summed E-state index contributed by atoms with van der Waals surface area (Å²) >= 11 is 1.33. The molecule has 6 nitrogen and oxygen atoms in total. The highest BCUT2D eigenvalue weighted by atomic mass is 32.1. The number of aromatic nitrogens is 3. The number of H-pyrrole nitrogens is 2. The molecule has 0 saturated carbocycles. The predicted molar refractivity (Wildman–Crippen MR) is 78.4 cm³/mol. The summed E-state index contributed by atoms with van der Waals surface area (Å²) in [4.78, 5) is 36.0. The Labute approximate surface area is 117 Å². The smallest absolute Gasteiger partial charge is 0.305 e. The largest absolute Gasteiger partial charge is 0.326 e. The van der Waals surface area contributed by atoms with E-state index in [0.717, 1.165) is 35.4 Å². The topological polar surface area (TPSA) is 81.8 Å². The van der Waals surface area contributed by atoms with Gasteiger partial charge in [-0.05, 0) is 18.7 Å². The Morgan fingerprint density at radius 2 is 2.20 bits per heavy atom. The molecule has 0 aliphatic carbocycles. The Morgan fingerprint density at radius 1 is 1.35 bits per heavy atom. The number of hydrogen-bond acceptors (Lipinski definition) is 5. The molecule has 4 heterocycles. The van der Waals surface area contributed by atoms with Crippen molar-refractivity contribution in [1.29, 1.82) is 0 Å². The van der Waals surface area contributed by atoms with Crippen molar-refractivity contribution in [3.8, 4) is 0 Å². The second-order valence-electron chi connectivity index (χ2n) is 5.15. The van der Waals surface area contributed by atoms with Crippen LogP contribution in [0.3, 0.4) is 0 Å². The Hall–Kier alpha value is -1.99. The van der Waals surface area contributed by atoms with Gasteiger partial charge in [0.1, 0.15) is 9.53 Å². The summed E-state index contributed by atoms with van der Waals surface area (Å²) in [5, 5.41) is 0.863. The average molecular weight is 288 g/mol. The van der Waals surface area contributed by atoms with Crippen LogP contribution in [0.2, 0.25) is 0 Å². The number of aromatic amines is 2. The fourth-order valence-electron chi connectivity index (χ4n) is 2.71.